The van der Waals surface area contributed by atoms with Gasteiger partial charge in [-0.15, -0.1) is 0 Å². The molecule has 4 rings (SSSR count). The lowest BCUT2D eigenvalue weighted by Gasteiger charge is -2.30. The number of hydrogen-bond acceptors (Lipinski definition) is 6. The summed E-state index contributed by atoms with van der Waals surface area (Å²) < 4.78 is 10.7. The zero-order chi connectivity index (χ0) is 24.8. The van der Waals surface area contributed by atoms with Crippen LogP contribution in [-0.2, 0) is 14.3 Å². The highest BCUT2D eigenvalue weighted by atomic mass is 16.5. The molecule has 0 spiro atoms. The molecule has 1 atom stereocenters. The van der Waals surface area contributed by atoms with Gasteiger partial charge in [-0.25, -0.2) is 5.01 Å². The van der Waals surface area contributed by atoms with Crippen LogP contribution in [0.3, 0.4) is 0 Å². The van der Waals surface area contributed by atoms with Crippen molar-refractivity contribution < 1.29 is 19.1 Å². The first-order chi connectivity index (χ1) is 16.9. The number of amides is 2. The monoisotopic (exact) mass is 478 g/mol. The van der Waals surface area contributed by atoms with E-state index in [0.717, 1.165) is 47.8 Å². The van der Waals surface area contributed by atoms with Gasteiger partial charge < -0.3 is 14.4 Å². The molecule has 2 aliphatic heterocycles. The van der Waals surface area contributed by atoms with Gasteiger partial charge in [-0.1, -0.05) is 29.8 Å². The highest BCUT2D eigenvalue weighted by Gasteiger charge is 2.34. The molecule has 2 amide bonds. The molecule has 1 saturated heterocycles. The minimum Gasteiger partial charge on any atom is -0.497 e. The van der Waals surface area contributed by atoms with E-state index >= 15 is 0 Å². The number of carbonyl (C=O) groups excluding carboxylic acids is 2. The summed E-state index contributed by atoms with van der Waals surface area (Å²) in [6, 6.07) is 15.7. The Labute approximate surface area is 207 Å². The second-order valence-corrected chi connectivity index (χ2v) is 9.04. The Kier molecular flexibility index (Phi) is 8.15. The molecular weight excluding hydrogens is 444 g/mol. The summed E-state index contributed by atoms with van der Waals surface area (Å²) in [6.07, 6.45) is 0.606. The first-order valence-electron chi connectivity index (χ1n) is 12.1. The third-order valence-corrected chi connectivity index (χ3v) is 6.61. The molecule has 0 aliphatic carbocycles. The van der Waals surface area contributed by atoms with Crippen LogP contribution in [0, 0.1) is 6.92 Å². The minimum atomic E-state index is -0.215. The highest BCUT2D eigenvalue weighted by Crippen LogP contribution is 2.33. The van der Waals surface area contributed by atoms with Gasteiger partial charge in [-0.3, -0.25) is 14.5 Å². The topological polar surface area (TPSA) is 74.7 Å². The number of nitrogens with zero attached hydrogens (tertiary/aromatic N) is 4. The lowest BCUT2D eigenvalue weighted by atomic mass is 9.97. The maximum Gasteiger partial charge on any atom is 0.262 e. The van der Waals surface area contributed by atoms with Crippen molar-refractivity contribution in [3.63, 3.8) is 0 Å². The van der Waals surface area contributed by atoms with E-state index < -0.39 is 0 Å². The van der Waals surface area contributed by atoms with Crippen molar-refractivity contribution in [1.29, 1.82) is 0 Å². The van der Waals surface area contributed by atoms with E-state index in [1.54, 1.807) is 17.0 Å². The van der Waals surface area contributed by atoms with E-state index in [1.807, 2.05) is 55.5 Å². The number of hydrogen-bond donors (Lipinski definition) is 0. The molecule has 8 nitrogen and oxygen atoms in total. The highest BCUT2D eigenvalue weighted by molar-refractivity contribution is 6.03. The van der Waals surface area contributed by atoms with Gasteiger partial charge in [0.15, 0.2) is 0 Å². The minimum absolute atomic E-state index is 0.00142. The molecule has 8 heteroatoms. The Morgan fingerprint density at radius 1 is 1.09 bits per heavy atom. The average molecular weight is 479 g/mol. The normalized spacial score (nSPS) is 18.3. The summed E-state index contributed by atoms with van der Waals surface area (Å²) >= 11 is 0. The van der Waals surface area contributed by atoms with Crippen molar-refractivity contribution in [3.8, 4) is 5.75 Å². The quantitative estimate of drug-likeness (QED) is 0.583. The molecule has 0 bridgehead atoms. The first kappa shape index (κ1) is 24.9. The Bertz CT molecular complexity index is 1050. The van der Waals surface area contributed by atoms with Gasteiger partial charge in [0.2, 0.25) is 5.91 Å². The fourth-order valence-electron chi connectivity index (χ4n) is 4.42. The summed E-state index contributed by atoms with van der Waals surface area (Å²) in [6.45, 7) is 7.87. The average Bonchev–Trinajstić information content (AvgIpc) is 3.33. The summed E-state index contributed by atoms with van der Waals surface area (Å²) in [4.78, 5) is 29.8. The third-order valence-electron chi connectivity index (χ3n) is 6.61. The molecule has 0 saturated carbocycles. The van der Waals surface area contributed by atoms with Crippen molar-refractivity contribution in [2.24, 2.45) is 5.10 Å². The number of carbonyl (C=O) groups is 2. The molecule has 2 heterocycles. The van der Waals surface area contributed by atoms with Crippen LogP contribution >= 0.6 is 0 Å². The van der Waals surface area contributed by atoms with Gasteiger partial charge in [-0.2, -0.15) is 5.10 Å². The van der Waals surface area contributed by atoms with Crippen LogP contribution in [0.5, 0.6) is 5.75 Å². The lowest BCUT2D eigenvalue weighted by molar-refractivity contribution is -0.140. The molecule has 2 aliphatic rings. The van der Waals surface area contributed by atoms with E-state index in [0.29, 0.717) is 26.2 Å². The van der Waals surface area contributed by atoms with E-state index in [-0.39, 0.29) is 24.4 Å². The van der Waals surface area contributed by atoms with Crippen molar-refractivity contribution in [3.05, 3.63) is 65.2 Å². The van der Waals surface area contributed by atoms with Crippen molar-refractivity contribution >= 4 is 17.5 Å². The number of rotatable bonds is 8. The number of aryl methyl sites for hydroxylation is 1. The second kappa shape index (κ2) is 11.5. The molecule has 1 fully saturated rings. The SMILES string of the molecule is COc1ccc(C2=NN(C(=O)CN(CCN3CCOCC3)C(C)=O)[C@@H](c3ccc(C)cc3)C2)cc1. The third kappa shape index (κ3) is 6.26. The predicted molar refractivity (Wildman–Crippen MR) is 134 cm³/mol. The number of ether oxygens (including phenoxy) is 2. The van der Waals surface area contributed by atoms with E-state index in [1.165, 1.54) is 6.92 Å². The molecular formula is C27H34N4O4. The van der Waals surface area contributed by atoms with Crippen molar-refractivity contribution in [2.75, 3.05) is 53.0 Å². The molecule has 186 valence electrons. The fourth-order valence-corrected chi connectivity index (χ4v) is 4.42. The maximum atomic E-state index is 13.5. The first-order valence-corrected chi connectivity index (χ1v) is 12.1. The van der Waals surface area contributed by atoms with Crippen LogP contribution in [0.2, 0.25) is 0 Å². The predicted octanol–water partition coefficient (Wildman–Crippen LogP) is 2.86. The van der Waals surface area contributed by atoms with Crippen molar-refractivity contribution in [1.82, 2.24) is 14.8 Å². The molecule has 0 aromatic heterocycles. The van der Waals surface area contributed by atoms with Gasteiger partial charge in [0, 0.05) is 39.5 Å². The molecule has 2 aromatic rings. The molecule has 0 unspecified atom stereocenters. The van der Waals surface area contributed by atoms with E-state index in [2.05, 4.69) is 4.90 Å². The molecule has 2 aromatic carbocycles. The molecule has 0 radical (unpaired) electrons. The van der Waals surface area contributed by atoms with Gasteiger partial charge >= 0.3 is 0 Å². The maximum absolute atomic E-state index is 13.5. The van der Waals surface area contributed by atoms with Crippen LogP contribution in [0.4, 0.5) is 0 Å². The van der Waals surface area contributed by atoms with Crippen LogP contribution < -0.4 is 4.74 Å². The standard InChI is InChI=1S/C27H34N4O4/c1-20-4-6-23(7-5-20)26-18-25(22-8-10-24(34-3)11-9-22)28-31(26)27(33)19-30(21(2)32)13-12-29-14-16-35-17-15-29/h4-11,26H,12-19H2,1-3H3/t26-/m1/s1. The Morgan fingerprint density at radius 2 is 1.77 bits per heavy atom. The Morgan fingerprint density at radius 3 is 2.40 bits per heavy atom. The van der Waals surface area contributed by atoms with Gasteiger partial charge in [-0.05, 0) is 42.3 Å². The van der Waals surface area contributed by atoms with E-state index in [9.17, 15) is 9.59 Å². The number of benzene rings is 2. The van der Waals surface area contributed by atoms with Crippen LogP contribution in [0.15, 0.2) is 53.6 Å². The second-order valence-electron chi connectivity index (χ2n) is 9.04. The number of hydrazone groups is 1. The largest absolute Gasteiger partial charge is 0.497 e. The van der Waals surface area contributed by atoms with E-state index in [4.69, 9.17) is 14.6 Å². The van der Waals surface area contributed by atoms with Crippen molar-refractivity contribution in [2.45, 2.75) is 26.3 Å². The van der Waals surface area contributed by atoms with Gasteiger partial charge in [0.25, 0.3) is 5.91 Å². The Hall–Kier alpha value is -3.23. The summed E-state index contributed by atoms with van der Waals surface area (Å²) in [5.41, 5.74) is 3.98. The zero-order valence-corrected chi connectivity index (χ0v) is 20.8. The summed E-state index contributed by atoms with van der Waals surface area (Å²) in [7, 11) is 1.63. The summed E-state index contributed by atoms with van der Waals surface area (Å²) in [5, 5.41) is 6.32. The van der Waals surface area contributed by atoms with Crippen LogP contribution in [0.1, 0.15) is 36.1 Å². The fraction of sp³-hybridized carbons (Fsp3) is 0.444. The van der Waals surface area contributed by atoms with Gasteiger partial charge in [0.05, 0.1) is 32.1 Å². The smallest absolute Gasteiger partial charge is 0.262 e. The Balaban J connectivity index is 1.52. The van der Waals surface area contributed by atoms with Crippen LogP contribution in [0.25, 0.3) is 0 Å². The number of morpholine rings is 1. The zero-order valence-electron chi connectivity index (χ0n) is 20.8. The molecule has 35 heavy (non-hydrogen) atoms. The van der Waals surface area contributed by atoms with Crippen LogP contribution in [-0.4, -0.2) is 85.4 Å². The number of methoxy groups -OCH3 is 1. The summed E-state index contributed by atoms with van der Waals surface area (Å²) in [5.74, 6) is 0.473. The van der Waals surface area contributed by atoms with Gasteiger partial charge in [0.1, 0.15) is 12.3 Å². The lowest BCUT2D eigenvalue weighted by Crippen LogP contribution is -2.45. The molecule has 0 N–H and O–H groups in total.